The van der Waals surface area contributed by atoms with Crippen LogP contribution in [0.25, 0.3) is 11.4 Å². The molecule has 3 aromatic rings. The first-order valence-electron chi connectivity index (χ1n) is 8.45. The van der Waals surface area contributed by atoms with Crippen molar-refractivity contribution in [1.82, 2.24) is 9.97 Å². The number of aromatic amines is 1. The number of H-pyrrole nitrogens is 1. The molecule has 8 heteroatoms. The van der Waals surface area contributed by atoms with Crippen molar-refractivity contribution in [2.75, 3.05) is 5.32 Å². The number of carboxylic acids is 1. The summed E-state index contributed by atoms with van der Waals surface area (Å²) in [4.78, 5) is 41.5. The fourth-order valence-electron chi connectivity index (χ4n) is 2.66. The number of hydrogen-bond acceptors (Lipinski definition) is 5. The third-order valence-corrected chi connectivity index (χ3v) is 4.04. The summed E-state index contributed by atoms with van der Waals surface area (Å²) < 4.78 is 0. The molecule has 0 aliphatic carbocycles. The lowest BCUT2D eigenvalue weighted by Gasteiger charge is -2.11. The highest BCUT2D eigenvalue weighted by Crippen LogP contribution is 2.25. The van der Waals surface area contributed by atoms with Crippen LogP contribution in [0.15, 0.2) is 59.4 Å². The topological polar surface area (TPSA) is 132 Å². The molecule has 0 aliphatic heterocycles. The Kier molecular flexibility index (Phi) is 5.50. The number of anilines is 1. The van der Waals surface area contributed by atoms with Crippen molar-refractivity contribution in [3.8, 4) is 17.1 Å². The van der Waals surface area contributed by atoms with Gasteiger partial charge in [-0.1, -0.05) is 42.5 Å². The van der Waals surface area contributed by atoms with E-state index >= 15 is 0 Å². The fraction of sp³-hybridized carbons (Fsp3) is 0.100. The number of benzene rings is 2. The number of para-hydroxylation sites is 1. The zero-order chi connectivity index (χ0) is 20.1. The van der Waals surface area contributed by atoms with Crippen LogP contribution in [-0.2, 0) is 11.2 Å². The lowest BCUT2D eigenvalue weighted by Crippen LogP contribution is -2.17. The van der Waals surface area contributed by atoms with Crippen molar-refractivity contribution in [1.29, 1.82) is 0 Å². The number of rotatable bonds is 6. The Balaban J connectivity index is 1.85. The molecule has 0 radical (unpaired) electrons. The molecule has 0 spiro atoms. The molecule has 1 aromatic heterocycles. The minimum absolute atomic E-state index is 0.0702. The predicted molar refractivity (Wildman–Crippen MR) is 102 cm³/mol. The van der Waals surface area contributed by atoms with Crippen molar-refractivity contribution in [2.24, 2.45) is 0 Å². The first-order valence-corrected chi connectivity index (χ1v) is 8.45. The quantitative estimate of drug-likeness (QED) is 0.520. The molecule has 28 heavy (non-hydrogen) atoms. The third kappa shape index (κ3) is 4.24. The Morgan fingerprint density at radius 1 is 1.04 bits per heavy atom. The van der Waals surface area contributed by atoms with Gasteiger partial charge < -0.3 is 20.5 Å². The third-order valence-electron chi connectivity index (χ3n) is 4.04. The molecule has 0 saturated carbocycles. The molecule has 1 amide bonds. The van der Waals surface area contributed by atoms with Gasteiger partial charge in [-0.15, -0.1) is 0 Å². The minimum Gasteiger partial charge on any atom is -0.501 e. The van der Waals surface area contributed by atoms with Gasteiger partial charge in [-0.05, 0) is 24.1 Å². The summed E-state index contributed by atoms with van der Waals surface area (Å²) in [5.41, 5.74) is -0.0148. The van der Waals surface area contributed by atoms with Crippen LogP contribution in [0, 0.1) is 0 Å². The SMILES string of the molecule is O=C(CCc1ccccc1)Nc1ccccc1-c1nc(C(=O)O)c(O)c(=O)[nH]1. The summed E-state index contributed by atoms with van der Waals surface area (Å²) in [5.74, 6) is -2.81. The summed E-state index contributed by atoms with van der Waals surface area (Å²) in [5, 5.41) is 21.4. The van der Waals surface area contributed by atoms with Crippen molar-refractivity contribution >= 4 is 17.6 Å². The lowest BCUT2D eigenvalue weighted by molar-refractivity contribution is -0.116. The van der Waals surface area contributed by atoms with E-state index in [2.05, 4.69) is 15.3 Å². The number of nitrogens with one attached hydrogen (secondary N) is 2. The lowest BCUT2D eigenvalue weighted by atomic mass is 10.1. The predicted octanol–water partition coefficient (Wildman–Crippen LogP) is 2.41. The van der Waals surface area contributed by atoms with Crippen LogP contribution in [0.2, 0.25) is 0 Å². The normalized spacial score (nSPS) is 10.4. The van der Waals surface area contributed by atoms with E-state index in [4.69, 9.17) is 5.11 Å². The smallest absolute Gasteiger partial charge is 0.358 e. The highest BCUT2D eigenvalue weighted by Gasteiger charge is 2.19. The number of aromatic hydroxyl groups is 1. The van der Waals surface area contributed by atoms with Crippen LogP contribution in [-0.4, -0.2) is 32.1 Å². The number of carboxylic acid groups (broad SMARTS) is 1. The van der Waals surface area contributed by atoms with Crippen LogP contribution in [0.3, 0.4) is 0 Å². The minimum atomic E-state index is -1.53. The highest BCUT2D eigenvalue weighted by molar-refractivity contribution is 5.95. The maximum absolute atomic E-state index is 12.3. The molecular formula is C20H17N3O5. The number of aromatic carboxylic acids is 1. The summed E-state index contributed by atoms with van der Waals surface area (Å²) in [6, 6.07) is 16.1. The fourth-order valence-corrected chi connectivity index (χ4v) is 2.66. The van der Waals surface area contributed by atoms with Crippen LogP contribution < -0.4 is 10.9 Å². The molecule has 0 atom stereocenters. The van der Waals surface area contributed by atoms with E-state index in [9.17, 15) is 19.5 Å². The molecule has 0 fully saturated rings. The van der Waals surface area contributed by atoms with Crippen LogP contribution in [0.5, 0.6) is 5.75 Å². The van der Waals surface area contributed by atoms with E-state index in [1.807, 2.05) is 30.3 Å². The van der Waals surface area contributed by atoms with Crippen LogP contribution >= 0.6 is 0 Å². The van der Waals surface area contributed by atoms with Crippen LogP contribution in [0.4, 0.5) is 5.69 Å². The van der Waals surface area contributed by atoms with Crippen molar-refractivity contribution in [3.05, 3.63) is 76.2 Å². The molecule has 0 aliphatic rings. The zero-order valence-electron chi connectivity index (χ0n) is 14.7. The molecule has 0 unspecified atom stereocenters. The van der Waals surface area contributed by atoms with Crippen molar-refractivity contribution < 1.29 is 19.8 Å². The molecule has 2 aromatic carbocycles. The molecule has 1 heterocycles. The van der Waals surface area contributed by atoms with Gasteiger partial charge in [-0.2, -0.15) is 0 Å². The molecule has 142 valence electrons. The molecule has 4 N–H and O–H groups in total. The Morgan fingerprint density at radius 2 is 1.71 bits per heavy atom. The molecule has 3 rings (SSSR count). The van der Waals surface area contributed by atoms with Crippen molar-refractivity contribution in [2.45, 2.75) is 12.8 Å². The number of carbonyl (C=O) groups excluding carboxylic acids is 1. The van der Waals surface area contributed by atoms with E-state index in [1.165, 1.54) is 0 Å². The van der Waals surface area contributed by atoms with Crippen LogP contribution in [0.1, 0.15) is 22.5 Å². The molecular weight excluding hydrogens is 362 g/mol. The molecule has 0 bridgehead atoms. The van der Waals surface area contributed by atoms with E-state index in [0.29, 0.717) is 17.7 Å². The average Bonchev–Trinajstić information content (AvgIpc) is 2.69. The Hall–Kier alpha value is -3.94. The van der Waals surface area contributed by atoms with Gasteiger partial charge in [0.1, 0.15) is 5.82 Å². The van der Waals surface area contributed by atoms with E-state index in [-0.39, 0.29) is 18.2 Å². The zero-order valence-corrected chi connectivity index (χ0v) is 14.7. The number of nitrogens with zero attached hydrogens (tertiary/aromatic N) is 1. The first-order chi connectivity index (χ1) is 13.5. The van der Waals surface area contributed by atoms with Gasteiger partial charge in [-0.25, -0.2) is 9.78 Å². The van der Waals surface area contributed by atoms with Crippen molar-refractivity contribution in [3.63, 3.8) is 0 Å². The van der Waals surface area contributed by atoms with E-state index in [0.717, 1.165) is 5.56 Å². The largest absolute Gasteiger partial charge is 0.501 e. The summed E-state index contributed by atoms with van der Waals surface area (Å²) >= 11 is 0. The molecule has 0 saturated heterocycles. The first kappa shape index (κ1) is 18.8. The van der Waals surface area contributed by atoms with Gasteiger partial charge in [-0.3, -0.25) is 9.59 Å². The maximum atomic E-state index is 12.3. The highest BCUT2D eigenvalue weighted by atomic mass is 16.4. The van der Waals surface area contributed by atoms with E-state index < -0.39 is 23.0 Å². The maximum Gasteiger partial charge on any atom is 0.358 e. The Morgan fingerprint density at radius 3 is 2.43 bits per heavy atom. The second kappa shape index (κ2) is 8.17. The van der Waals surface area contributed by atoms with Gasteiger partial charge in [0.15, 0.2) is 5.69 Å². The number of carbonyl (C=O) groups is 2. The monoisotopic (exact) mass is 379 g/mol. The number of amides is 1. The number of aromatic nitrogens is 2. The standard InChI is InChI=1S/C20H17N3O5/c24-15(11-10-12-6-2-1-3-7-12)21-14-9-5-4-8-13(14)18-22-16(20(27)28)17(25)19(26)23-18/h1-9,25H,10-11H2,(H,21,24)(H,27,28)(H,22,23,26). The van der Waals surface area contributed by atoms with Gasteiger partial charge in [0.05, 0.1) is 5.69 Å². The van der Waals surface area contributed by atoms with Gasteiger partial charge in [0.2, 0.25) is 11.7 Å². The Bertz CT molecular complexity index is 1080. The van der Waals surface area contributed by atoms with Gasteiger partial charge in [0, 0.05) is 12.0 Å². The Labute approximate surface area is 159 Å². The van der Waals surface area contributed by atoms with E-state index in [1.54, 1.807) is 24.3 Å². The summed E-state index contributed by atoms with van der Waals surface area (Å²) in [6.07, 6.45) is 0.810. The van der Waals surface area contributed by atoms with Gasteiger partial charge >= 0.3 is 5.97 Å². The summed E-state index contributed by atoms with van der Waals surface area (Å²) in [7, 11) is 0. The van der Waals surface area contributed by atoms with Gasteiger partial charge in [0.25, 0.3) is 5.56 Å². The average molecular weight is 379 g/mol. The molecule has 8 nitrogen and oxygen atoms in total. The summed E-state index contributed by atoms with van der Waals surface area (Å²) in [6.45, 7) is 0. The second-order valence-electron chi connectivity index (χ2n) is 6.00. The number of hydrogen-bond donors (Lipinski definition) is 4. The second-order valence-corrected chi connectivity index (χ2v) is 6.00. The number of aryl methyl sites for hydroxylation is 1.